The van der Waals surface area contributed by atoms with Crippen molar-refractivity contribution in [2.45, 2.75) is 37.9 Å². The summed E-state index contributed by atoms with van der Waals surface area (Å²) in [6.07, 6.45) is 3.05. The number of amides is 1. The Morgan fingerprint density at radius 2 is 1.76 bits per heavy atom. The summed E-state index contributed by atoms with van der Waals surface area (Å²) in [4.78, 5) is 26.2. The Labute approximate surface area is 191 Å². The normalized spacial score (nSPS) is 22.3. The fraction of sp³-hybridized carbons (Fsp3) is 0.417. The van der Waals surface area contributed by atoms with Crippen molar-refractivity contribution >= 4 is 11.7 Å². The van der Waals surface area contributed by atoms with Crippen molar-refractivity contribution < 1.29 is 18.8 Å². The molecule has 0 N–H and O–H groups in total. The highest BCUT2D eigenvalue weighted by atomic mass is 16.6. The largest absolute Gasteiger partial charge is 0.482 e. The quantitative estimate of drug-likeness (QED) is 0.603. The van der Waals surface area contributed by atoms with Crippen molar-refractivity contribution in [1.29, 1.82) is 0 Å². The molecule has 9 nitrogen and oxygen atoms in total. The van der Waals surface area contributed by atoms with Crippen LogP contribution in [0.25, 0.3) is 11.4 Å². The number of pyridine rings is 1. The molecule has 1 aromatic carbocycles. The van der Waals surface area contributed by atoms with Gasteiger partial charge in [0.25, 0.3) is 5.91 Å². The first-order valence-corrected chi connectivity index (χ1v) is 11.4. The number of hydrogen-bond acceptors (Lipinski definition) is 8. The third-order valence-corrected chi connectivity index (χ3v) is 6.38. The molecule has 2 unspecified atom stereocenters. The van der Waals surface area contributed by atoms with Gasteiger partial charge in [-0.25, -0.2) is 4.98 Å². The maximum absolute atomic E-state index is 13.1. The molecule has 1 aliphatic carbocycles. The molecule has 0 radical (unpaired) electrons. The van der Waals surface area contributed by atoms with Gasteiger partial charge in [0, 0.05) is 43.9 Å². The third-order valence-electron chi connectivity index (χ3n) is 6.38. The number of fused-ring (bicyclic) bond motifs is 1. The summed E-state index contributed by atoms with van der Waals surface area (Å²) in [6.45, 7) is 4.48. The molecule has 2 aliphatic heterocycles. The maximum atomic E-state index is 13.1. The van der Waals surface area contributed by atoms with Gasteiger partial charge >= 0.3 is 0 Å². The average Bonchev–Trinajstić information content (AvgIpc) is 3.60. The van der Waals surface area contributed by atoms with E-state index in [1.54, 1.807) is 6.20 Å². The molecule has 0 bridgehead atoms. The Kier molecular flexibility index (Phi) is 4.89. The smallest absolute Gasteiger partial charge is 0.267 e. The minimum Gasteiger partial charge on any atom is -0.482 e. The summed E-state index contributed by atoms with van der Waals surface area (Å²) in [7, 11) is 0. The van der Waals surface area contributed by atoms with E-state index in [0.717, 1.165) is 30.1 Å². The van der Waals surface area contributed by atoms with Crippen LogP contribution in [-0.2, 0) is 4.79 Å². The van der Waals surface area contributed by atoms with E-state index in [-0.39, 0.29) is 12.0 Å². The molecular formula is C24H25N5O4. The first-order chi connectivity index (χ1) is 16.2. The highest BCUT2D eigenvalue weighted by Crippen LogP contribution is 2.39. The lowest BCUT2D eigenvalue weighted by molar-refractivity contribution is -0.144. The van der Waals surface area contributed by atoms with E-state index in [4.69, 9.17) is 14.0 Å². The van der Waals surface area contributed by atoms with Gasteiger partial charge < -0.3 is 23.8 Å². The highest BCUT2D eigenvalue weighted by Gasteiger charge is 2.37. The van der Waals surface area contributed by atoms with Gasteiger partial charge in [-0.05, 0) is 44.0 Å². The zero-order valence-corrected chi connectivity index (χ0v) is 18.4. The van der Waals surface area contributed by atoms with Gasteiger partial charge in [0.05, 0.1) is 0 Å². The van der Waals surface area contributed by atoms with E-state index >= 15 is 0 Å². The summed E-state index contributed by atoms with van der Waals surface area (Å²) in [5.74, 6) is 3.86. The molecule has 1 saturated carbocycles. The van der Waals surface area contributed by atoms with E-state index < -0.39 is 6.10 Å². The first kappa shape index (κ1) is 20.0. The monoisotopic (exact) mass is 447 g/mol. The Hall–Kier alpha value is -3.62. The van der Waals surface area contributed by atoms with Crippen LogP contribution < -0.4 is 14.4 Å². The van der Waals surface area contributed by atoms with E-state index in [9.17, 15) is 4.79 Å². The number of nitrogens with zero attached hydrogens (tertiary/aromatic N) is 5. The maximum Gasteiger partial charge on any atom is 0.267 e. The van der Waals surface area contributed by atoms with Crippen LogP contribution in [0.1, 0.15) is 31.6 Å². The molecular weight excluding hydrogens is 422 g/mol. The van der Waals surface area contributed by atoms with Gasteiger partial charge in [-0.3, -0.25) is 4.79 Å². The fourth-order valence-electron chi connectivity index (χ4n) is 4.28. The van der Waals surface area contributed by atoms with Gasteiger partial charge in [0.1, 0.15) is 11.9 Å². The Morgan fingerprint density at radius 1 is 1.00 bits per heavy atom. The summed E-state index contributed by atoms with van der Waals surface area (Å²) in [6, 6.07) is 11.4. The minimum absolute atomic E-state index is 0.0384. The van der Waals surface area contributed by atoms with Crippen LogP contribution in [0, 0.1) is 0 Å². The number of anilines is 1. The van der Waals surface area contributed by atoms with Crippen LogP contribution >= 0.6 is 0 Å². The van der Waals surface area contributed by atoms with Crippen LogP contribution in [0.3, 0.4) is 0 Å². The van der Waals surface area contributed by atoms with E-state index in [1.807, 2.05) is 48.2 Å². The second-order valence-electron chi connectivity index (χ2n) is 8.76. The summed E-state index contributed by atoms with van der Waals surface area (Å²) in [5.41, 5.74) is 0.840. The first-order valence-electron chi connectivity index (χ1n) is 11.4. The zero-order chi connectivity index (χ0) is 22.4. The number of benzene rings is 1. The minimum atomic E-state index is -0.639. The number of aromatic nitrogens is 3. The topological polar surface area (TPSA) is 93.8 Å². The van der Waals surface area contributed by atoms with Crippen molar-refractivity contribution in [3.05, 3.63) is 48.5 Å². The van der Waals surface area contributed by atoms with Gasteiger partial charge in [-0.2, -0.15) is 4.98 Å². The Morgan fingerprint density at radius 3 is 2.45 bits per heavy atom. The molecule has 4 heterocycles. The molecule has 0 spiro atoms. The highest BCUT2D eigenvalue weighted by molar-refractivity contribution is 5.82. The number of piperazine rings is 1. The number of para-hydroxylation sites is 2. The van der Waals surface area contributed by atoms with Crippen LogP contribution in [0.15, 0.2) is 47.1 Å². The molecule has 1 saturated heterocycles. The van der Waals surface area contributed by atoms with Gasteiger partial charge in [0.15, 0.2) is 11.5 Å². The summed E-state index contributed by atoms with van der Waals surface area (Å²) >= 11 is 0. The lowest BCUT2D eigenvalue weighted by atomic mass is 10.1. The second kappa shape index (κ2) is 8.06. The summed E-state index contributed by atoms with van der Waals surface area (Å²) < 4.78 is 17.2. The van der Waals surface area contributed by atoms with Crippen molar-refractivity contribution in [2.75, 3.05) is 31.1 Å². The number of carbonyl (C=O) groups is 1. The van der Waals surface area contributed by atoms with E-state index in [0.29, 0.717) is 49.4 Å². The van der Waals surface area contributed by atoms with Crippen LogP contribution in [0.4, 0.5) is 5.82 Å². The molecule has 9 heteroatoms. The van der Waals surface area contributed by atoms with Crippen LogP contribution in [0.5, 0.6) is 11.5 Å². The molecule has 6 rings (SSSR count). The van der Waals surface area contributed by atoms with Crippen molar-refractivity contribution in [3.8, 4) is 22.9 Å². The lowest BCUT2D eigenvalue weighted by Gasteiger charge is -2.39. The number of hydrogen-bond donors (Lipinski definition) is 0. The van der Waals surface area contributed by atoms with Crippen molar-refractivity contribution in [2.24, 2.45) is 0 Å². The molecule has 3 aliphatic rings. The van der Waals surface area contributed by atoms with Crippen LogP contribution in [-0.4, -0.2) is 64.3 Å². The van der Waals surface area contributed by atoms with Crippen LogP contribution in [0.2, 0.25) is 0 Å². The van der Waals surface area contributed by atoms with E-state index in [2.05, 4.69) is 20.0 Å². The standard InChI is InChI=1S/C24H25N5O4/c1-15-21(32-19-5-3-2-4-18(19)31-15)24(30)29-12-10-28(11-13-29)20-9-8-17(14-25-20)22-26-23(33-27-22)16-6-7-16/h2-5,8-9,14-16,21H,6-7,10-13H2,1H3. The van der Waals surface area contributed by atoms with Crippen molar-refractivity contribution in [3.63, 3.8) is 0 Å². The van der Waals surface area contributed by atoms with Gasteiger partial charge in [-0.15, -0.1) is 0 Å². The van der Waals surface area contributed by atoms with E-state index in [1.165, 1.54) is 0 Å². The van der Waals surface area contributed by atoms with Gasteiger partial charge in [0.2, 0.25) is 17.8 Å². The SMILES string of the molecule is CC1Oc2ccccc2OC1C(=O)N1CCN(c2ccc(-c3noc(C4CC4)n3)cn2)CC1. The molecule has 33 heavy (non-hydrogen) atoms. The number of rotatable bonds is 4. The molecule has 170 valence electrons. The lowest BCUT2D eigenvalue weighted by Crippen LogP contribution is -2.56. The summed E-state index contributed by atoms with van der Waals surface area (Å²) in [5, 5.41) is 4.08. The second-order valence-corrected chi connectivity index (χ2v) is 8.76. The molecule has 2 fully saturated rings. The molecule has 3 aromatic rings. The molecule has 2 aromatic heterocycles. The predicted octanol–water partition coefficient (Wildman–Crippen LogP) is 2.89. The number of ether oxygens (including phenoxy) is 2. The Balaban J connectivity index is 1.07. The van der Waals surface area contributed by atoms with Gasteiger partial charge in [-0.1, -0.05) is 17.3 Å². The third kappa shape index (κ3) is 3.88. The number of carbonyl (C=O) groups excluding carboxylic acids is 1. The fourth-order valence-corrected chi connectivity index (χ4v) is 4.28. The molecule has 2 atom stereocenters. The zero-order valence-electron chi connectivity index (χ0n) is 18.4. The predicted molar refractivity (Wildman–Crippen MR) is 119 cm³/mol. The molecule has 1 amide bonds. The van der Waals surface area contributed by atoms with Crippen molar-refractivity contribution in [1.82, 2.24) is 20.0 Å². The average molecular weight is 447 g/mol. The Bertz CT molecular complexity index is 1150.